The normalized spacial score (nSPS) is 12.2. The van der Waals surface area contributed by atoms with Crippen molar-refractivity contribution in [1.29, 1.82) is 0 Å². The van der Waals surface area contributed by atoms with E-state index < -0.39 is 10.0 Å². The number of H-pyrrole nitrogens is 1. The van der Waals surface area contributed by atoms with Gasteiger partial charge in [-0.15, -0.1) is 0 Å². The summed E-state index contributed by atoms with van der Waals surface area (Å²) in [6, 6.07) is 0. The maximum Gasteiger partial charge on any atom is 0.214 e. The molecule has 2 heterocycles. The first-order chi connectivity index (χ1) is 9.56. The van der Waals surface area contributed by atoms with E-state index in [1.807, 2.05) is 17.7 Å². The lowest BCUT2D eigenvalue weighted by molar-refractivity contribution is 0.407. The standard InChI is InChI=1S/C12H19N5O2S/c1-3-17(20(18,19)4-2)10-12-15-7-8-16(12)9-11-13-5-6-14-11/h5-8H,3-4,9-10H2,1-2H3,(H,13,14). The molecular weight excluding hydrogens is 278 g/mol. The van der Waals surface area contributed by atoms with E-state index in [1.54, 1.807) is 25.5 Å². The molecule has 8 heteroatoms. The van der Waals surface area contributed by atoms with Gasteiger partial charge >= 0.3 is 0 Å². The van der Waals surface area contributed by atoms with Crippen LogP contribution in [0.3, 0.4) is 0 Å². The van der Waals surface area contributed by atoms with Crippen LogP contribution in [0.4, 0.5) is 0 Å². The zero-order valence-electron chi connectivity index (χ0n) is 11.7. The van der Waals surface area contributed by atoms with Crippen LogP contribution < -0.4 is 0 Å². The van der Waals surface area contributed by atoms with Gasteiger partial charge < -0.3 is 9.55 Å². The summed E-state index contributed by atoms with van der Waals surface area (Å²) in [5.74, 6) is 1.62. The number of aromatic amines is 1. The second-order valence-electron chi connectivity index (χ2n) is 4.33. The van der Waals surface area contributed by atoms with Crippen LogP contribution in [0.5, 0.6) is 0 Å². The highest BCUT2D eigenvalue weighted by atomic mass is 32.2. The van der Waals surface area contributed by atoms with Gasteiger partial charge in [-0.1, -0.05) is 6.92 Å². The molecule has 2 rings (SSSR count). The zero-order valence-corrected chi connectivity index (χ0v) is 12.5. The van der Waals surface area contributed by atoms with Crippen LogP contribution in [0.15, 0.2) is 24.8 Å². The van der Waals surface area contributed by atoms with Crippen LogP contribution in [0, 0.1) is 0 Å². The molecule has 0 spiro atoms. The summed E-state index contributed by atoms with van der Waals surface area (Å²) < 4.78 is 27.2. The molecule has 1 N–H and O–H groups in total. The van der Waals surface area contributed by atoms with Gasteiger partial charge in [0.05, 0.1) is 18.8 Å². The van der Waals surface area contributed by atoms with Crippen molar-refractivity contribution in [3.63, 3.8) is 0 Å². The Balaban J connectivity index is 2.16. The molecule has 2 aromatic rings. The van der Waals surface area contributed by atoms with E-state index >= 15 is 0 Å². The minimum Gasteiger partial charge on any atom is -0.347 e. The molecule has 0 saturated carbocycles. The number of sulfonamides is 1. The fourth-order valence-corrected chi connectivity index (χ4v) is 3.00. The van der Waals surface area contributed by atoms with Gasteiger partial charge in [0.25, 0.3) is 0 Å². The molecule has 0 fully saturated rings. The third-order valence-corrected chi connectivity index (χ3v) is 5.01. The van der Waals surface area contributed by atoms with E-state index in [-0.39, 0.29) is 12.3 Å². The van der Waals surface area contributed by atoms with Gasteiger partial charge in [0.2, 0.25) is 10.0 Å². The Morgan fingerprint density at radius 2 is 2.10 bits per heavy atom. The number of hydrogen-bond acceptors (Lipinski definition) is 4. The van der Waals surface area contributed by atoms with E-state index in [1.165, 1.54) is 4.31 Å². The van der Waals surface area contributed by atoms with Crippen LogP contribution >= 0.6 is 0 Å². The Bertz CT molecular complexity index is 633. The lowest BCUT2D eigenvalue weighted by atomic mass is 10.5. The molecule has 0 amide bonds. The van der Waals surface area contributed by atoms with Crippen molar-refractivity contribution in [3.05, 3.63) is 36.4 Å². The molecular formula is C12H19N5O2S. The van der Waals surface area contributed by atoms with Gasteiger partial charge in [0.1, 0.15) is 11.6 Å². The molecule has 0 aliphatic carbocycles. The molecule has 0 atom stereocenters. The quantitative estimate of drug-likeness (QED) is 0.820. The molecule has 0 aliphatic rings. The Labute approximate surface area is 118 Å². The van der Waals surface area contributed by atoms with Crippen molar-refractivity contribution in [3.8, 4) is 0 Å². The summed E-state index contributed by atoms with van der Waals surface area (Å²) in [6.07, 6.45) is 6.94. The van der Waals surface area contributed by atoms with Crippen LogP contribution in [-0.2, 0) is 23.1 Å². The van der Waals surface area contributed by atoms with Gasteiger partial charge in [-0.2, -0.15) is 4.31 Å². The fraction of sp³-hybridized carbons (Fsp3) is 0.500. The SMILES string of the molecule is CCN(Cc1nccn1Cc1ncc[nH]1)S(=O)(=O)CC. The summed E-state index contributed by atoms with van der Waals surface area (Å²) in [5.41, 5.74) is 0. The number of aromatic nitrogens is 4. The molecule has 7 nitrogen and oxygen atoms in total. The van der Waals surface area contributed by atoms with Gasteiger partial charge in [0.15, 0.2) is 0 Å². The molecule has 20 heavy (non-hydrogen) atoms. The monoisotopic (exact) mass is 297 g/mol. The van der Waals surface area contributed by atoms with Crippen LogP contribution in [-0.4, -0.2) is 44.5 Å². The Kier molecular flexibility index (Phi) is 4.56. The van der Waals surface area contributed by atoms with Gasteiger partial charge in [-0.05, 0) is 6.92 Å². The minimum atomic E-state index is -3.21. The van der Waals surface area contributed by atoms with Crippen molar-refractivity contribution < 1.29 is 8.42 Å². The van der Waals surface area contributed by atoms with E-state index in [4.69, 9.17) is 0 Å². The smallest absolute Gasteiger partial charge is 0.214 e. The zero-order chi connectivity index (χ0) is 14.6. The maximum absolute atomic E-state index is 12.0. The molecule has 110 valence electrons. The lowest BCUT2D eigenvalue weighted by Gasteiger charge is -2.19. The third kappa shape index (κ3) is 3.26. The number of hydrogen-bond donors (Lipinski definition) is 1. The van der Waals surface area contributed by atoms with Crippen LogP contribution in [0.2, 0.25) is 0 Å². The average molecular weight is 297 g/mol. The first kappa shape index (κ1) is 14.7. The summed E-state index contributed by atoms with van der Waals surface area (Å²) >= 11 is 0. The molecule has 0 radical (unpaired) electrons. The summed E-state index contributed by atoms with van der Waals surface area (Å²) in [7, 11) is -3.21. The number of rotatable bonds is 7. The van der Waals surface area contributed by atoms with Crippen molar-refractivity contribution >= 4 is 10.0 Å². The second kappa shape index (κ2) is 6.19. The van der Waals surface area contributed by atoms with Gasteiger partial charge in [-0.25, -0.2) is 18.4 Å². The van der Waals surface area contributed by atoms with Crippen LogP contribution in [0.1, 0.15) is 25.5 Å². The van der Waals surface area contributed by atoms with E-state index in [2.05, 4.69) is 15.0 Å². The molecule has 0 unspecified atom stereocenters. The highest BCUT2D eigenvalue weighted by molar-refractivity contribution is 7.89. The van der Waals surface area contributed by atoms with Gasteiger partial charge in [-0.3, -0.25) is 0 Å². The average Bonchev–Trinajstić information content (AvgIpc) is 3.08. The molecule has 0 aromatic carbocycles. The third-order valence-electron chi connectivity index (χ3n) is 3.11. The molecule has 0 bridgehead atoms. The first-order valence-electron chi connectivity index (χ1n) is 6.53. The highest BCUT2D eigenvalue weighted by Gasteiger charge is 2.20. The lowest BCUT2D eigenvalue weighted by Crippen LogP contribution is -2.32. The topological polar surface area (TPSA) is 83.9 Å². The van der Waals surface area contributed by atoms with Crippen molar-refractivity contribution in [1.82, 2.24) is 23.8 Å². The van der Waals surface area contributed by atoms with Crippen molar-refractivity contribution in [2.45, 2.75) is 26.9 Å². The fourth-order valence-electron chi connectivity index (χ4n) is 1.93. The Morgan fingerprint density at radius 3 is 2.70 bits per heavy atom. The number of nitrogens with one attached hydrogen (secondary N) is 1. The van der Waals surface area contributed by atoms with E-state index in [0.717, 1.165) is 5.82 Å². The molecule has 0 saturated heterocycles. The van der Waals surface area contributed by atoms with E-state index in [0.29, 0.717) is 18.9 Å². The van der Waals surface area contributed by atoms with Crippen LogP contribution in [0.25, 0.3) is 0 Å². The molecule has 2 aromatic heterocycles. The highest BCUT2D eigenvalue weighted by Crippen LogP contribution is 2.09. The summed E-state index contributed by atoms with van der Waals surface area (Å²) in [4.78, 5) is 11.4. The Hall–Kier alpha value is -1.67. The predicted octanol–water partition coefficient (Wildman–Crippen LogP) is 0.826. The number of imidazole rings is 2. The summed E-state index contributed by atoms with van der Waals surface area (Å²) in [6.45, 7) is 4.73. The summed E-state index contributed by atoms with van der Waals surface area (Å²) in [5, 5.41) is 0. The van der Waals surface area contributed by atoms with E-state index in [9.17, 15) is 8.42 Å². The maximum atomic E-state index is 12.0. The predicted molar refractivity (Wildman–Crippen MR) is 75.5 cm³/mol. The minimum absolute atomic E-state index is 0.0970. The van der Waals surface area contributed by atoms with Crippen molar-refractivity contribution in [2.75, 3.05) is 12.3 Å². The van der Waals surface area contributed by atoms with Crippen molar-refractivity contribution in [2.24, 2.45) is 0 Å². The largest absolute Gasteiger partial charge is 0.347 e. The first-order valence-corrected chi connectivity index (χ1v) is 8.13. The Morgan fingerprint density at radius 1 is 1.30 bits per heavy atom. The molecule has 0 aliphatic heterocycles. The second-order valence-corrected chi connectivity index (χ2v) is 6.59. The van der Waals surface area contributed by atoms with Gasteiger partial charge in [0, 0.05) is 31.3 Å². The number of nitrogens with zero attached hydrogens (tertiary/aromatic N) is 4.